The fourth-order valence-corrected chi connectivity index (χ4v) is 18.6. The van der Waals surface area contributed by atoms with Crippen LogP contribution in [0, 0.1) is 0 Å². The second-order valence-electron chi connectivity index (χ2n) is 7.24. The molecule has 0 amide bonds. The summed E-state index contributed by atoms with van der Waals surface area (Å²) >= 11 is 0. The zero-order chi connectivity index (χ0) is 16.9. The second kappa shape index (κ2) is 7.84. The lowest BCUT2D eigenvalue weighted by atomic mass is 10.4. The molecule has 128 valence electrons. The summed E-state index contributed by atoms with van der Waals surface area (Å²) in [6.45, 7) is 14.5. The van der Waals surface area contributed by atoms with E-state index in [1.807, 2.05) is 26.2 Å². The van der Waals surface area contributed by atoms with Crippen molar-refractivity contribution in [2.45, 2.75) is 71.1 Å². The van der Waals surface area contributed by atoms with Crippen LogP contribution in [0.15, 0.2) is 0 Å². The zero-order valence-corrected chi connectivity index (χ0v) is 18.3. The molecule has 0 aromatic carbocycles. The van der Waals surface area contributed by atoms with Gasteiger partial charge >= 0.3 is 8.56 Å². The summed E-state index contributed by atoms with van der Waals surface area (Å²) in [5.74, 6) is -0.340. The van der Waals surface area contributed by atoms with Gasteiger partial charge in [0.1, 0.15) is 0 Å². The summed E-state index contributed by atoms with van der Waals surface area (Å²) in [5.41, 5.74) is 0. The molecule has 9 heteroatoms. The van der Waals surface area contributed by atoms with Crippen LogP contribution in [-0.2, 0) is 18.3 Å². The maximum Gasteiger partial charge on any atom is 0.311 e. The lowest BCUT2D eigenvalue weighted by Gasteiger charge is -2.38. The third-order valence-electron chi connectivity index (χ3n) is 3.13. The Hall–Kier alpha value is 0.481. The molecule has 21 heavy (non-hydrogen) atoms. The molecule has 0 aromatic rings. The topological polar surface area (TPSA) is 75.7 Å². The Morgan fingerprint density at radius 1 is 0.905 bits per heavy atom. The van der Waals surface area contributed by atoms with Crippen molar-refractivity contribution in [1.29, 1.82) is 0 Å². The lowest BCUT2D eigenvalue weighted by Crippen LogP contribution is -2.52. The number of hydrogen-bond acceptors (Lipinski definition) is 5. The van der Waals surface area contributed by atoms with Crippen molar-refractivity contribution in [3.8, 4) is 0 Å². The first-order chi connectivity index (χ1) is 9.18. The number of hydrogen-bond donors (Lipinski definition) is 0. The van der Waals surface area contributed by atoms with E-state index in [1.54, 1.807) is 0 Å². The van der Waals surface area contributed by atoms with Gasteiger partial charge in [0.2, 0.25) is 0 Å². The van der Waals surface area contributed by atoms with E-state index in [0.29, 0.717) is 6.04 Å². The fourth-order valence-electron chi connectivity index (χ4n) is 2.43. The van der Waals surface area contributed by atoms with Gasteiger partial charge in [-0.1, -0.05) is 19.8 Å². The number of unbranched alkanes of at least 4 members (excludes halogenated alkanes) is 1. The van der Waals surface area contributed by atoms with E-state index in [-0.39, 0.29) is 5.75 Å². The Balaban J connectivity index is 4.63. The molecule has 0 spiro atoms. The third kappa shape index (κ3) is 11.7. The molecule has 0 atom stereocenters. The first kappa shape index (κ1) is 21.5. The van der Waals surface area contributed by atoms with E-state index in [9.17, 15) is 13.0 Å². The highest BCUT2D eigenvalue weighted by Crippen LogP contribution is 2.25. The van der Waals surface area contributed by atoms with Crippen molar-refractivity contribution in [3.63, 3.8) is 0 Å². The quantitative estimate of drug-likeness (QED) is 0.434. The summed E-state index contributed by atoms with van der Waals surface area (Å²) in [5, 5.41) is 0. The van der Waals surface area contributed by atoms with Crippen molar-refractivity contribution >= 4 is 35.3 Å². The van der Waals surface area contributed by atoms with Crippen LogP contribution in [0.5, 0.6) is 0 Å². The largest absolute Gasteiger partial charge is 0.748 e. The van der Waals surface area contributed by atoms with Gasteiger partial charge in [0.15, 0.2) is 16.6 Å². The van der Waals surface area contributed by atoms with Crippen LogP contribution in [-0.4, -0.2) is 43.9 Å². The molecule has 0 aliphatic rings. The van der Waals surface area contributed by atoms with E-state index in [2.05, 4.69) is 20.0 Å². The summed E-state index contributed by atoms with van der Waals surface area (Å²) in [6.07, 6.45) is 2.32. The predicted octanol–water partition coefficient (Wildman–Crippen LogP) is 3.48. The number of rotatable bonds is 10. The smallest absolute Gasteiger partial charge is 0.311 e. The van der Waals surface area contributed by atoms with Gasteiger partial charge in [-0.2, -0.15) is 0 Å². The van der Waals surface area contributed by atoms with Crippen molar-refractivity contribution in [3.05, 3.63) is 0 Å². The van der Waals surface area contributed by atoms with Crippen LogP contribution in [0.25, 0.3) is 0 Å². The van der Waals surface area contributed by atoms with Crippen LogP contribution >= 0.6 is 0 Å². The monoisotopic (exact) mass is 371 g/mol. The molecular formula is C12H31O5SSi3-. The first-order valence-electron chi connectivity index (χ1n) is 7.52. The van der Waals surface area contributed by atoms with Crippen molar-refractivity contribution < 1.29 is 21.2 Å². The molecule has 0 saturated heterocycles. The normalized spacial score (nSPS) is 14.5. The van der Waals surface area contributed by atoms with E-state index < -0.39 is 35.3 Å². The molecule has 0 heterocycles. The van der Waals surface area contributed by atoms with Gasteiger partial charge in [0.25, 0.3) is 0 Å². The van der Waals surface area contributed by atoms with Crippen molar-refractivity contribution in [2.24, 2.45) is 0 Å². The average Bonchev–Trinajstić information content (AvgIpc) is 2.20. The van der Waals surface area contributed by atoms with E-state index in [1.165, 1.54) is 6.42 Å². The highest BCUT2D eigenvalue weighted by molar-refractivity contribution is 7.85. The Bertz CT molecular complexity index is 421. The van der Waals surface area contributed by atoms with Crippen LogP contribution in [0.1, 0.15) is 19.8 Å². The Morgan fingerprint density at radius 2 is 1.33 bits per heavy atom. The Kier molecular flexibility index (Phi) is 8.02. The predicted molar refractivity (Wildman–Crippen MR) is 93.7 cm³/mol. The van der Waals surface area contributed by atoms with Gasteiger partial charge in [-0.3, -0.25) is 0 Å². The molecule has 0 aromatic heterocycles. The molecule has 0 rings (SSSR count). The van der Waals surface area contributed by atoms with E-state index in [0.717, 1.165) is 12.5 Å². The highest BCUT2D eigenvalue weighted by atomic mass is 32.2. The van der Waals surface area contributed by atoms with Crippen LogP contribution in [0.4, 0.5) is 0 Å². The minimum atomic E-state index is -4.17. The minimum absolute atomic E-state index is 0.329. The van der Waals surface area contributed by atoms with Crippen LogP contribution in [0.2, 0.25) is 51.4 Å². The maximum absolute atomic E-state index is 10.8. The average molecular weight is 372 g/mol. The van der Waals surface area contributed by atoms with Crippen LogP contribution < -0.4 is 0 Å². The SMILES string of the molecule is CCCC[Si](C)(C)O[Si](C)(C)O[Si](C)(C)CCS(=O)(=O)[O-]. The Morgan fingerprint density at radius 3 is 1.71 bits per heavy atom. The maximum atomic E-state index is 10.8. The lowest BCUT2D eigenvalue weighted by molar-refractivity contribution is 0.387. The second-order valence-corrected chi connectivity index (χ2v) is 21.2. The standard InChI is InChI=1S/C12H32O5SSi3/c1-8-9-11-19(2,3)16-21(6,7)17-20(4,5)12-10-18(13,14)15/h8-12H2,1-7H3,(H,13,14,15)/p-1. The van der Waals surface area contributed by atoms with Crippen LogP contribution in [0.3, 0.4) is 0 Å². The highest BCUT2D eigenvalue weighted by Gasteiger charge is 2.39. The molecule has 0 radical (unpaired) electrons. The third-order valence-corrected chi connectivity index (χ3v) is 15.6. The van der Waals surface area contributed by atoms with Crippen molar-refractivity contribution in [2.75, 3.05) is 5.75 Å². The molecule has 0 fully saturated rings. The minimum Gasteiger partial charge on any atom is -0.748 e. The molecule has 0 bridgehead atoms. The molecule has 0 saturated carbocycles. The summed E-state index contributed by atoms with van der Waals surface area (Å²) < 4.78 is 44.9. The first-order valence-corrected chi connectivity index (χ1v) is 18.1. The van der Waals surface area contributed by atoms with Gasteiger partial charge in [0.05, 0.1) is 10.1 Å². The van der Waals surface area contributed by atoms with Gasteiger partial charge in [-0.25, -0.2) is 8.42 Å². The van der Waals surface area contributed by atoms with Gasteiger partial charge < -0.3 is 12.8 Å². The summed E-state index contributed by atoms with van der Waals surface area (Å²) in [4.78, 5) is 0. The molecule has 0 aliphatic carbocycles. The fraction of sp³-hybridized carbons (Fsp3) is 1.00. The summed E-state index contributed by atoms with van der Waals surface area (Å²) in [6, 6.07) is 1.44. The van der Waals surface area contributed by atoms with Crippen molar-refractivity contribution in [1.82, 2.24) is 0 Å². The van der Waals surface area contributed by atoms with E-state index >= 15 is 0 Å². The van der Waals surface area contributed by atoms with Gasteiger partial charge in [0, 0.05) is 5.75 Å². The molecule has 5 nitrogen and oxygen atoms in total. The zero-order valence-electron chi connectivity index (χ0n) is 14.5. The molecule has 0 unspecified atom stereocenters. The Labute approximate surface area is 133 Å². The van der Waals surface area contributed by atoms with E-state index in [4.69, 9.17) is 8.23 Å². The summed E-state index contributed by atoms with van der Waals surface area (Å²) in [7, 11) is -10.4. The molecular weight excluding hydrogens is 340 g/mol. The molecule has 0 N–H and O–H groups in total. The van der Waals surface area contributed by atoms with Gasteiger partial charge in [-0.05, 0) is 51.4 Å². The molecule has 0 aliphatic heterocycles. The van der Waals surface area contributed by atoms with Gasteiger partial charge in [-0.15, -0.1) is 0 Å².